The van der Waals surface area contributed by atoms with Crippen LogP contribution in [0.15, 0.2) is 18.3 Å². The van der Waals surface area contributed by atoms with E-state index in [0.717, 1.165) is 0 Å². The highest BCUT2D eigenvalue weighted by molar-refractivity contribution is 6.01. The number of likely N-dealkylation sites (tertiary alicyclic amines) is 1. The summed E-state index contributed by atoms with van der Waals surface area (Å²) >= 11 is 0. The van der Waals surface area contributed by atoms with Crippen molar-refractivity contribution < 1.29 is 19.5 Å². The minimum Gasteiger partial charge on any atom is -0.480 e. The summed E-state index contributed by atoms with van der Waals surface area (Å²) in [7, 11) is 0. The second kappa shape index (κ2) is 5.53. The highest BCUT2D eigenvalue weighted by Gasteiger charge is 2.42. The van der Waals surface area contributed by atoms with Gasteiger partial charge in [0.05, 0.1) is 5.56 Å². The molecular weight excluding hydrogens is 300 g/mol. The fourth-order valence-electron chi connectivity index (χ4n) is 3.05. The van der Waals surface area contributed by atoms with Gasteiger partial charge in [0.15, 0.2) is 0 Å². The van der Waals surface area contributed by atoms with Gasteiger partial charge in [-0.3, -0.25) is 9.59 Å². The highest BCUT2D eigenvalue weighted by Crippen LogP contribution is 2.30. The third-order valence-electron chi connectivity index (χ3n) is 4.45. The minimum atomic E-state index is -1.04. The van der Waals surface area contributed by atoms with Crippen LogP contribution in [-0.4, -0.2) is 51.0 Å². The summed E-state index contributed by atoms with van der Waals surface area (Å²) < 4.78 is 0. The van der Waals surface area contributed by atoms with Crippen LogP contribution in [0.5, 0.6) is 0 Å². The summed E-state index contributed by atoms with van der Waals surface area (Å²) in [4.78, 5) is 41.2. The number of rotatable bonds is 2. The van der Waals surface area contributed by atoms with E-state index >= 15 is 0 Å². The number of fused-ring (bicyclic) bond motifs is 1. The van der Waals surface area contributed by atoms with Crippen LogP contribution in [0.1, 0.15) is 36.5 Å². The Labute approximate surface area is 132 Å². The molecule has 2 aliphatic rings. The zero-order valence-corrected chi connectivity index (χ0v) is 12.7. The van der Waals surface area contributed by atoms with E-state index in [4.69, 9.17) is 5.11 Å². The lowest BCUT2D eigenvalue weighted by Gasteiger charge is -2.39. The van der Waals surface area contributed by atoms with Gasteiger partial charge in [-0.25, -0.2) is 9.78 Å². The zero-order valence-electron chi connectivity index (χ0n) is 12.7. The van der Waals surface area contributed by atoms with Gasteiger partial charge in [-0.2, -0.15) is 0 Å². The van der Waals surface area contributed by atoms with Crippen molar-refractivity contribution in [3.63, 3.8) is 0 Å². The van der Waals surface area contributed by atoms with Crippen molar-refractivity contribution >= 4 is 23.6 Å². The van der Waals surface area contributed by atoms with Crippen LogP contribution in [-0.2, 0) is 9.59 Å². The zero-order chi connectivity index (χ0) is 16.6. The Hall–Kier alpha value is -2.64. The maximum Gasteiger partial charge on any atom is 0.326 e. The number of hydrogen-bond acceptors (Lipinski definition) is 5. The molecule has 122 valence electrons. The summed E-state index contributed by atoms with van der Waals surface area (Å²) in [5.74, 6) is -1.01. The summed E-state index contributed by atoms with van der Waals surface area (Å²) in [6.45, 7) is 1.74. The number of anilines is 1. The molecule has 0 saturated carbocycles. The number of carbonyl (C=O) groups excluding carboxylic acids is 2. The fourth-order valence-corrected chi connectivity index (χ4v) is 3.05. The van der Waals surface area contributed by atoms with Gasteiger partial charge in [-0.15, -0.1) is 0 Å². The smallest absolute Gasteiger partial charge is 0.326 e. The molecule has 23 heavy (non-hydrogen) atoms. The SMILES string of the molecule is C[C@@H](C(=O)O)N1CC[C@@]2(CCC1=O)NC(=O)c1cccnc1N2. The van der Waals surface area contributed by atoms with E-state index in [1.165, 1.54) is 11.8 Å². The normalized spacial score (nSPS) is 25.2. The molecule has 2 aliphatic heterocycles. The van der Waals surface area contributed by atoms with E-state index in [9.17, 15) is 14.4 Å². The molecule has 0 aromatic carbocycles. The molecule has 3 N–H and O–H groups in total. The van der Waals surface area contributed by atoms with Crippen molar-refractivity contribution in [3.8, 4) is 0 Å². The van der Waals surface area contributed by atoms with E-state index in [-0.39, 0.29) is 24.8 Å². The van der Waals surface area contributed by atoms with Gasteiger partial charge in [-0.1, -0.05) is 0 Å². The Bertz CT molecular complexity index is 677. The van der Waals surface area contributed by atoms with Crippen LogP contribution in [0.2, 0.25) is 0 Å². The Kier molecular flexibility index (Phi) is 3.67. The molecule has 2 amide bonds. The average molecular weight is 318 g/mol. The molecule has 0 bridgehead atoms. The van der Waals surface area contributed by atoms with Crippen molar-refractivity contribution in [1.82, 2.24) is 15.2 Å². The standard InChI is InChI=1S/C15H18N4O4/c1-9(14(22)23)19-8-6-15(5-4-11(19)20)17-12-10(13(21)18-15)3-2-7-16-12/h2-3,7,9H,4-6,8H2,1H3,(H,16,17)(H,18,21)(H,22,23)/t9-,15+/m0/s1. The molecule has 1 fully saturated rings. The van der Waals surface area contributed by atoms with Crippen molar-refractivity contribution in [2.45, 2.75) is 37.9 Å². The largest absolute Gasteiger partial charge is 0.480 e. The number of carbonyl (C=O) groups is 3. The summed E-state index contributed by atoms with van der Waals surface area (Å²) in [5, 5.41) is 15.3. The quantitative estimate of drug-likeness (QED) is 0.728. The van der Waals surface area contributed by atoms with Crippen LogP contribution in [0.4, 0.5) is 5.82 Å². The second-order valence-electron chi connectivity index (χ2n) is 5.91. The number of amides is 2. The summed E-state index contributed by atoms with van der Waals surface area (Å²) in [6.07, 6.45) is 2.56. The number of carboxylic acids is 1. The van der Waals surface area contributed by atoms with E-state index in [1.54, 1.807) is 18.3 Å². The van der Waals surface area contributed by atoms with Crippen LogP contribution in [0.3, 0.4) is 0 Å². The maximum absolute atomic E-state index is 12.3. The molecule has 8 nitrogen and oxygen atoms in total. The van der Waals surface area contributed by atoms with Gasteiger partial charge >= 0.3 is 5.97 Å². The monoisotopic (exact) mass is 318 g/mol. The van der Waals surface area contributed by atoms with E-state index in [0.29, 0.717) is 24.2 Å². The van der Waals surface area contributed by atoms with E-state index in [2.05, 4.69) is 15.6 Å². The van der Waals surface area contributed by atoms with E-state index < -0.39 is 17.7 Å². The average Bonchev–Trinajstić information content (AvgIpc) is 2.67. The lowest BCUT2D eigenvalue weighted by atomic mass is 9.97. The molecule has 0 aliphatic carbocycles. The number of nitrogens with zero attached hydrogens (tertiary/aromatic N) is 2. The number of pyridine rings is 1. The topological polar surface area (TPSA) is 112 Å². The Morgan fingerprint density at radius 2 is 2.17 bits per heavy atom. The molecule has 3 heterocycles. The first kappa shape index (κ1) is 15.3. The molecule has 1 spiro atoms. The first-order valence-electron chi connectivity index (χ1n) is 7.50. The Morgan fingerprint density at radius 3 is 2.91 bits per heavy atom. The number of carboxylic acid groups (broad SMARTS) is 1. The van der Waals surface area contributed by atoms with Crippen molar-refractivity contribution in [2.24, 2.45) is 0 Å². The van der Waals surface area contributed by atoms with Crippen molar-refractivity contribution in [2.75, 3.05) is 11.9 Å². The van der Waals surface area contributed by atoms with Gasteiger partial charge in [0.25, 0.3) is 5.91 Å². The number of hydrogen-bond donors (Lipinski definition) is 3. The molecule has 0 radical (unpaired) electrons. The van der Waals surface area contributed by atoms with Gasteiger partial charge < -0.3 is 20.6 Å². The third-order valence-corrected chi connectivity index (χ3v) is 4.45. The predicted octanol–water partition coefficient (Wildman–Crippen LogP) is 0.419. The predicted molar refractivity (Wildman–Crippen MR) is 80.7 cm³/mol. The first-order chi connectivity index (χ1) is 10.9. The van der Waals surface area contributed by atoms with Gasteiger partial charge in [0, 0.05) is 25.6 Å². The Morgan fingerprint density at radius 1 is 1.39 bits per heavy atom. The van der Waals surface area contributed by atoms with Crippen LogP contribution < -0.4 is 10.6 Å². The second-order valence-corrected chi connectivity index (χ2v) is 5.91. The van der Waals surface area contributed by atoms with Crippen LogP contribution in [0.25, 0.3) is 0 Å². The fraction of sp³-hybridized carbons (Fsp3) is 0.467. The maximum atomic E-state index is 12.3. The Balaban J connectivity index is 1.84. The number of aromatic nitrogens is 1. The number of nitrogens with one attached hydrogen (secondary N) is 2. The van der Waals surface area contributed by atoms with Gasteiger partial charge in [0.1, 0.15) is 17.5 Å². The highest BCUT2D eigenvalue weighted by atomic mass is 16.4. The number of aliphatic carboxylic acids is 1. The first-order valence-corrected chi connectivity index (χ1v) is 7.50. The molecular formula is C15H18N4O4. The summed E-state index contributed by atoms with van der Waals surface area (Å²) in [6, 6.07) is 2.48. The molecule has 1 saturated heterocycles. The molecule has 8 heteroatoms. The lowest BCUT2D eigenvalue weighted by molar-refractivity contribution is -0.149. The van der Waals surface area contributed by atoms with Gasteiger partial charge in [0.2, 0.25) is 5.91 Å². The van der Waals surface area contributed by atoms with Crippen LogP contribution >= 0.6 is 0 Å². The molecule has 0 unspecified atom stereocenters. The lowest BCUT2D eigenvalue weighted by Crippen LogP contribution is -2.58. The molecule has 1 aromatic rings. The summed E-state index contributed by atoms with van der Waals surface area (Å²) in [5.41, 5.74) is -0.314. The van der Waals surface area contributed by atoms with Crippen LogP contribution in [0, 0.1) is 0 Å². The molecule has 1 aromatic heterocycles. The third kappa shape index (κ3) is 2.71. The molecule has 2 atom stereocenters. The minimum absolute atomic E-state index is 0.160. The molecule has 3 rings (SSSR count). The van der Waals surface area contributed by atoms with E-state index in [1.807, 2.05) is 0 Å². The van der Waals surface area contributed by atoms with Gasteiger partial charge in [-0.05, 0) is 25.5 Å². The van der Waals surface area contributed by atoms with Crippen molar-refractivity contribution in [1.29, 1.82) is 0 Å². The van der Waals surface area contributed by atoms with Crippen molar-refractivity contribution in [3.05, 3.63) is 23.9 Å².